The summed E-state index contributed by atoms with van der Waals surface area (Å²) < 4.78 is 5.53. The highest BCUT2D eigenvalue weighted by atomic mass is 35.5. The largest absolute Gasteiger partial charge is 0.487 e. The minimum atomic E-state index is 0. The van der Waals surface area contributed by atoms with Crippen LogP contribution in [0.1, 0.15) is 13.0 Å². The fraction of sp³-hybridized carbons (Fsp3) is 0.154. The number of benzene rings is 1. The lowest BCUT2D eigenvalue weighted by atomic mass is 10.2. The Labute approximate surface area is 101 Å². The van der Waals surface area contributed by atoms with Crippen LogP contribution >= 0.6 is 11.6 Å². The molecular formula is C13H14ClNO. The normalized spacial score (nSPS) is 9.31. The molecule has 0 unspecified atom stereocenters. The van der Waals surface area contributed by atoms with E-state index in [1.54, 1.807) is 18.3 Å². The molecule has 0 saturated heterocycles. The van der Waals surface area contributed by atoms with Crippen molar-refractivity contribution in [1.29, 1.82) is 0 Å². The van der Waals surface area contributed by atoms with Crippen LogP contribution < -0.4 is 4.74 Å². The van der Waals surface area contributed by atoms with Crippen molar-refractivity contribution >= 4 is 11.6 Å². The topological polar surface area (TPSA) is 22.1 Å². The summed E-state index contributed by atoms with van der Waals surface area (Å²) in [5.74, 6) is 0.725. The zero-order valence-corrected chi connectivity index (χ0v) is 8.82. The van der Waals surface area contributed by atoms with Gasteiger partial charge >= 0.3 is 0 Å². The van der Waals surface area contributed by atoms with Crippen LogP contribution in [0.25, 0.3) is 0 Å². The molecule has 3 heteroatoms. The van der Waals surface area contributed by atoms with E-state index in [1.807, 2.05) is 30.3 Å². The van der Waals surface area contributed by atoms with Crippen molar-refractivity contribution in [2.75, 3.05) is 0 Å². The van der Waals surface area contributed by atoms with Gasteiger partial charge in [0.1, 0.15) is 17.5 Å². The summed E-state index contributed by atoms with van der Waals surface area (Å²) in [6.45, 7) is 0.546. The van der Waals surface area contributed by atoms with Gasteiger partial charge in [-0.3, -0.25) is 0 Å². The van der Waals surface area contributed by atoms with Crippen LogP contribution in [0.2, 0.25) is 5.15 Å². The Hall–Kier alpha value is -1.54. The van der Waals surface area contributed by atoms with Crippen LogP contribution in [0.3, 0.4) is 0 Å². The van der Waals surface area contributed by atoms with Crippen molar-refractivity contribution in [2.24, 2.45) is 0 Å². The molecule has 0 fully saturated rings. The molecule has 2 nitrogen and oxygen atoms in total. The molecule has 2 rings (SSSR count). The summed E-state index contributed by atoms with van der Waals surface area (Å²) in [5, 5.41) is 0.474. The second-order valence-corrected chi connectivity index (χ2v) is 3.48. The third-order valence-electron chi connectivity index (χ3n) is 1.95. The maximum atomic E-state index is 5.66. The average molecular weight is 236 g/mol. The molecule has 0 spiro atoms. The van der Waals surface area contributed by atoms with Gasteiger partial charge in [-0.2, -0.15) is 0 Å². The molecule has 1 aromatic heterocycles. The molecule has 1 heterocycles. The first-order chi connectivity index (χ1) is 7.34. The van der Waals surface area contributed by atoms with E-state index in [4.69, 9.17) is 16.3 Å². The molecule has 2 aromatic rings. The highest BCUT2D eigenvalue weighted by Gasteiger charge is 1.95. The van der Waals surface area contributed by atoms with Gasteiger partial charge in [0.25, 0.3) is 0 Å². The van der Waals surface area contributed by atoms with Crippen LogP contribution in [0.5, 0.6) is 5.75 Å². The molecule has 0 saturated carbocycles. The molecule has 0 aliphatic carbocycles. The molecule has 0 bridgehead atoms. The van der Waals surface area contributed by atoms with Gasteiger partial charge in [-0.1, -0.05) is 49.4 Å². The van der Waals surface area contributed by atoms with E-state index in [2.05, 4.69) is 4.98 Å². The molecule has 0 aliphatic heterocycles. The molecule has 0 radical (unpaired) electrons. The Kier molecular flexibility index (Phi) is 4.80. The summed E-state index contributed by atoms with van der Waals surface area (Å²) in [6, 6.07) is 13.5. The first kappa shape index (κ1) is 12.5. The van der Waals surface area contributed by atoms with E-state index in [9.17, 15) is 0 Å². The van der Waals surface area contributed by atoms with Gasteiger partial charge < -0.3 is 4.74 Å². The Bertz CT molecular complexity index is 414. The minimum absolute atomic E-state index is 0. The molecule has 0 amide bonds. The summed E-state index contributed by atoms with van der Waals surface area (Å²) in [6.07, 6.45) is 1.62. The van der Waals surface area contributed by atoms with Crippen molar-refractivity contribution in [3.8, 4) is 5.75 Å². The fourth-order valence-corrected chi connectivity index (χ4v) is 1.30. The minimum Gasteiger partial charge on any atom is -0.487 e. The van der Waals surface area contributed by atoms with Crippen LogP contribution in [0.4, 0.5) is 0 Å². The van der Waals surface area contributed by atoms with Crippen LogP contribution in [0.15, 0.2) is 48.7 Å². The highest BCUT2D eigenvalue weighted by Crippen LogP contribution is 2.13. The fourth-order valence-electron chi connectivity index (χ4n) is 1.19. The monoisotopic (exact) mass is 235 g/mol. The quantitative estimate of drug-likeness (QED) is 0.752. The Morgan fingerprint density at radius 1 is 1.06 bits per heavy atom. The maximum absolute atomic E-state index is 5.66. The van der Waals surface area contributed by atoms with Crippen molar-refractivity contribution < 1.29 is 4.74 Å². The Balaban J connectivity index is 0.00000128. The van der Waals surface area contributed by atoms with Crippen molar-refractivity contribution in [2.45, 2.75) is 14.0 Å². The van der Waals surface area contributed by atoms with Gasteiger partial charge in [0.2, 0.25) is 0 Å². The lowest BCUT2D eigenvalue weighted by Gasteiger charge is -2.05. The van der Waals surface area contributed by atoms with E-state index in [0.29, 0.717) is 11.8 Å². The third kappa shape index (κ3) is 3.55. The van der Waals surface area contributed by atoms with E-state index >= 15 is 0 Å². The van der Waals surface area contributed by atoms with Gasteiger partial charge in [0.15, 0.2) is 0 Å². The molecule has 16 heavy (non-hydrogen) atoms. The summed E-state index contributed by atoms with van der Waals surface area (Å²) in [4.78, 5) is 3.93. The molecule has 0 atom stereocenters. The third-order valence-corrected chi connectivity index (χ3v) is 2.17. The van der Waals surface area contributed by atoms with Gasteiger partial charge in [0, 0.05) is 0 Å². The molecule has 1 aromatic carbocycles. The van der Waals surface area contributed by atoms with Crippen molar-refractivity contribution in [3.05, 3.63) is 59.4 Å². The number of rotatable bonds is 3. The Morgan fingerprint density at radius 2 is 1.81 bits per heavy atom. The van der Waals surface area contributed by atoms with E-state index < -0.39 is 0 Å². The van der Waals surface area contributed by atoms with Crippen molar-refractivity contribution in [1.82, 2.24) is 4.98 Å². The Morgan fingerprint density at radius 3 is 2.44 bits per heavy atom. The zero-order chi connectivity index (χ0) is 10.5. The van der Waals surface area contributed by atoms with Gasteiger partial charge in [-0.15, -0.1) is 0 Å². The predicted molar refractivity (Wildman–Crippen MR) is 66.8 cm³/mol. The van der Waals surface area contributed by atoms with Gasteiger partial charge in [-0.25, -0.2) is 4.98 Å². The maximum Gasteiger partial charge on any atom is 0.138 e. The van der Waals surface area contributed by atoms with E-state index in [-0.39, 0.29) is 7.43 Å². The molecule has 0 N–H and O–H groups in total. The first-order valence-electron chi connectivity index (χ1n) is 4.63. The standard InChI is InChI=1S/C12H10ClNO.CH4/c13-12-7-6-11(8-14-12)15-9-10-4-2-1-3-5-10;/h1-8H,9H2;1H4. The zero-order valence-electron chi connectivity index (χ0n) is 8.06. The number of hydrogen-bond acceptors (Lipinski definition) is 2. The summed E-state index contributed by atoms with van der Waals surface area (Å²) >= 11 is 5.66. The number of ether oxygens (including phenoxy) is 1. The predicted octanol–water partition coefficient (Wildman–Crippen LogP) is 3.95. The smallest absolute Gasteiger partial charge is 0.138 e. The highest BCUT2D eigenvalue weighted by molar-refractivity contribution is 6.29. The van der Waals surface area contributed by atoms with Crippen LogP contribution in [-0.2, 0) is 6.61 Å². The molecule has 84 valence electrons. The molecule has 0 aliphatic rings. The van der Waals surface area contributed by atoms with Crippen LogP contribution in [0, 0.1) is 0 Å². The lowest BCUT2D eigenvalue weighted by Crippen LogP contribution is -1.95. The van der Waals surface area contributed by atoms with Gasteiger partial charge in [0.05, 0.1) is 6.20 Å². The second-order valence-electron chi connectivity index (χ2n) is 3.09. The van der Waals surface area contributed by atoms with E-state index in [1.165, 1.54) is 0 Å². The average Bonchev–Trinajstić information content (AvgIpc) is 2.30. The lowest BCUT2D eigenvalue weighted by molar-refractivity contribution is 0.305. The molecular weight excluding hydrogens is 222 g/mol. The van der Waals surface area contributed by atoms with Crippen molar-refractivity contribution in [3.63, 3.8) is 0 Å². The number of halogens is 1. The summed E-state index contributed by atoms with van der Waals surface area (Å²) in [5.41, 5.74) is 1.13. The van der Waals surface area contributed by atoms with Crippen LogP contribution in [-0.4, -0.2) is 4.98 Å². The second kappa shape index (κ2) is 6.13. The SMILES string of the molecule is C.Clc1ccc(OCc2ccccc2)cn1. The number of hydrogen-bond donors (Lipinski definition) is 0. The van der Waals surface area contributed by atoms with E-state index in [0.717, 1.165) is 11.3 Å². The number of nitrogens with zero attached hydrogens (tertiary/aromatic N) is 1. The number of pyridine rings is 1. The first-order valence-corrected chi connectivity index (χ1v) is 5.01. The number of aromatic nitrogens is 1. The van der Waals surface area contributed by atoms with Gasteiger partial charge in [-0.05, 0) is 17.7 Å². The summed E-state index contributed by atoms with van der Waals surface area (Å²) in [7, 11) is 0.